The first-order valence-electron chi connectivity index (χ1n) is 17.6. The largest absolute Gasteiger partial charge is 0.490 e. The summed E-state index contributed by atoms with van der Waals surface area (Å²) < 4.78 is 37.5. The minimum atomic E-state index is -5.08. The van der Waals surface area contributed by atoms with Gasteiger partial charge in [0.2, 0.25) is 0 Å². The molecule has 4 aromatic carbocycles. The number of fused-ring (bicyclic) bond motifs is 1. The standard InChI is InChI=1S/C40H38N4O5.C2HF3O2/c41-38-35(20-12-23-42-38)49-24-11-10-13-28-21-22-33-32(25-28)39(47)44(34(26-36(45)46)30-16-6-2-7-17-30)37(31-18-8-3-9-19-31)40(48)43(33)27-29-14-4-1-5-15-29;3-2(4,5)1(6)7/h1-9,12,14-23,25,34,37H,10-11,13,24,26-27H2,(H2,41,42)(H,45,46);(H,6,7). The lowest BCUT2D eigenvalue weighted by molar-refractivity contribution is -0.192. The zero-order chi connectivity index (χ0) is 40.2. The summed E-state index contributed by atoms with van der Waals surface area (Å²) in [5, 5.41) is 17.2. The highest BCUT2D eigenvalue weighted by Crippen LogP contribution is 2.42. The van der Waals surface area contributed by atoms with Crippen molar-refractivity contribution in [3.63, 3.8) is 0 Å². The number of carbonyl (C=O) groups is 4. The Hall–Kier alpha value is -6.70. The number of aromatic nitrogens is 1. The van der Waals surface area contributed by atoms with Crippen LogP contribution < -0.4 is 15.4 Å². The van der Waals surface area contributed by atoms with Crippen molar-refractivity contribution in [1.82, 2.24) is 9.88 Å². The molecule has 0 bridgehead atoms. The van der Waals surface area contributed by atoms with Gasteiger partial charge in [-0.25, -0.2) is 9.78 Å². The lowest BCUT2D eigenvalue weighted by Crippen LogP contribution is -2.44. The molecular formula is C42H39F3N4O7. The highest BCUT2D eigenvalue weighted by atomic mass is 19.4. The molecule has 0 aliphatic carbocycles. The summed E-state index contributed by atoms with van der Waals surface area (Å²) in [6.45, 7) is 0.694. The van der Waals surface area contributed by atoms with Gasteiger partial charge in [-0.05, 0) is 65.8 Å². The third-order valence-electron chi connectivity index (χ3n) is 8.94. The maximum absolute atomic E-state index is 15.0. The number of unbranched alkanes of at least 4 members (excludes halogenated alkanes) is 1. The number of rotatable bonds is 13. The Morgan fingerprint density at radius 1 is 0.821 bits per heavy atom. The number of aliphatic carboxylic acids is 2. The van der Waals surface area contributed by atoms with Gasteiger partial charge in [0, 0.05) is 6.20 Å². The van der Waals surface area contributed by atoms with E-state index in [2.05, 4.69) is 4.98 Å². The third kappa shape index (κ3) is 10.3. The van der Waals surface area contributed by atoms with Crippen molar-refractivity contribution in [2.24, 2.45) is 0 Å². The molecule has 56 heavy (non-hydrogen) atoms. The van der Waals surface area contributed by atoms with E-state index in [0.29, 0.717) is 47.0 Å². The van der Waals surface area contributed by atoms with Gasteiger partial charge < -0.3 is 30.5 Å². The van der Waals surface area contributed by atoms with Gasteiger partial charge in [0.1, 0.15) is 6.04 Å². The van der Waals surface area contributed by atoms with Crippen LogP contribution >= 0.6 is 0 Å². The van der Waals surface area contributed by atoms with Gasteiger partial charge in [-0.3, -0.25) is 14.4 Å². The molecule has 0 spiro atoms. The van der Waals surface area contributed by atoms with E-state index in [1.807, 2.05) is 97.1 Å². The monoisotopic (exact) mass is 768 g/mol. The van der Waals surface area contributed by atoms with Gasteiger partial charge in [0.25, 0.3) is 11.8 Å². The number of pyridine rings is 1. The molecule has 0 fully saturated rings. The number of carbonyl (C=O) groups excluding carboxylic acids is 2. The SMILES string of the molecule is Nc1ncccc1OCCCCc1ccc2c(c1)C(=O)N(C(CC(=O)O)c1ccccc1)C(c1ccccc1)C(=O)N2Cc1ccccc1.O=C(O)C(F)(F)F. The molecule has 4 N–H and O–H groups in total. The molecule has 2 amide bonds. The second kappa shape index (κ2) is 18.6. The molecule has 6 rings (SSSR count). The predicted molar refractivity (Wildman–Crippen MR) is 202 cm³/mol. The molecule has 0 radical (unpaired) electrons. The number of nitrogens with zero attached hydrogens (tertiary/aromatic N) is 3. The van der Waals surface area contributed by atoms with Crippen LogP contribution in [0.1, 0.15) is 64.0 Å². The van der Waals surface area contributed by atoms with Gasteiger partial charge >= 0.3 is 18.1 Å². The lowest BCUT2D eigenvalue weighted by Gasteiger charge is -2.37. The Morgan fingerprint density at radius 2 is 1.45 bits per heavy atom. The summed E-state index contributed by atoms with van der Waals surface area (Å²) in [6.07, 6.45) is -1.65. The first kappa shape index (κ1) is 40.5. The number of hydrogen-bond acceptors (Lipinski definition) is 7. The van der Waals surface area contributed by atoms with Crippen LogP contribution in [-0.4, -0.2) is 56.6 Å². The zero-order valence-corrected chi connectivity index (χ0v) is 30.0. The quantitative estimate of drug-likeness (QED) is 0.102. The van der Waals surface area contributed by atoms with E-state index in [4.69, 9.17) is 20.4 Å². The van der Waals surface area contributed by atoms with Crippen molar-refractivity contribution in [1.29, 1.82) is 0 Å². The summed E-state index contributed by atoms with van der Waals surface area (Å²) in [5.41, 5.74) is 9.80. The number of carboxylic acids is 2. The Balaban J connectivity index is 0.000000784. The number of carboxylic acid groups (broad SMARTS) is 2. The van der Waals surface area contributed by atoms with E-state index in [1.54, 1.807) is 35.4 Å². The van der Waals surface area contributed by atoms with Crippen molar-refractivity contribution >= 4 is 35.3 Å². The normalized spacial score (nSPS) is 14.5. The first-order valence-corrected chi connectivity index (χ1v) is 17.6. The smallest absolute Gasteiger partial charge is 0.490 e. The Labute approximate surface area is 320 Å². The van der Waals surface area contributed by atoms with E-state index in [1.165, 1.54) is 4.90 Å². The van der Waals surface area contributed by atoms with E-state index in [0.717, 1.165) is 24.0 Å². The van der Waals surface area contributed by atoms with Gasteiger partial charge in [0.15, 0.2) is 11.6 Å². The number of ether oxygens (including phenoxy) is 1. The second-order valence-corrected chi connectivity index (χ2v) is 12.8. The van der Waals surface area contributed by atoms with Crippen molar-refractivity contribution in [3.8, 4) is 5.75 Å². The van der Waals surface area contributed by atoms with E-state index in [9.17, 15) is 32.7 Å². The molecule has 2 atom stereocenters. The number of benzene rings is 4. The maximum atomic E-state index is 15.0. The average molecular weight is 769 g/mol. The first-order chi connectivity index (χ1) is 26.8. The van der Waals surface area contributed by atoms with Crippen molar-refractivity contribution < 1.29 is 47.3 Å². The molecule has 2 unspecified atom stereocenters. The van der Waals surface area contributed by atoms with E-state index >= 15 is 0 Å². The fourth-order valence-electron chi connectivity index (χ4n) is 6.33. The van der Waals surface area contributed by atoms with Crippen molar-refractivity contribution in [3.05, 3.63) is 155 Å². The Morgan fingerprint density at radius 3 is 2.05 bits per heavy atom. The van der Waals surface area contributed by atoms with Gasteiger partial charge in [0.05, 0.1) is 36.9 Å². The number of amides is 2. The molecule has 5 aromatic rings. The van der Waals surface area contributed by atoms with Crippen LogP contribution in [0, 0.1) is 0 Å². The fraction of sp³-hybridized carbons (Fsp3) is 0.214. The molecule has 0 saturated heterocycles. The van der Waals surface area contributed by atoms with Crippen LogP contribution in [0.3, 0.4) is 0 Å². The fourth-order valence-corrected chi connectivity index (χ4v) is 6.33. The lowest BCUT2D eigenvalue weighted by atomic mass is 9.95. The molecule has 1 aliphatic rings. The minimum Gasteiger partial charge on any atom is -0.490 e. The van der Waals surface area contributed by atoms with E-state index in [-0.39, 0.29) is 18.9 Å². The summed E-state index contributed by atoms with van der Waals surface area (Å²) in [5.74, 6) is -3.66. The van der Waals surface area contributed by atoms with Crippen LogP contribution in [0.2, 0.25) is 0 Å². The number of alkyl halides is 3. The summed E-state index contributed by atoms with van der Waals surface area (Å²) in [4.78, 5) is 58.4. The number of nitrogen functional groups attached to an aromatic ring is 1. The Bertz CT molecular complexity index is 2120. The number of aryl methyl sites for hydroxylation is 1. The van der Waals surface area contributed by atoms with Gasteiger partial charge in [-0.15, -0.1) is 0 Å². The Kier molecular flexibility index (Phi) is 13.4. The maximum Gasteiger partial charge on any atom is 0.490 e. The molecule has 14 heteroatoms. The van der Waals surface area contributed by atoms with Crippen molar-refractivity contribution in [2.75, 3.05) is 17.2 Å². The van der Waals surface area contributed by atoms with Crippen LogP contribution in [0.15, 0.2) is 128 Å². The number of halogens is 3. The second-order valence-electron chi connectivity index (χ2n) is 12.8. The molecule has 290 valence electrons. The molecule has 0 saturated carbocycles. The predicted octanol–water partition coefficient (Wildman–Crippen LogP) is 7.65. The van der Waals surface area contributed by atoms with Crippen molar-refractivity contribution in [2.45, 2.75) is 50.5 Å². The number of nitrogens with two attached hydrogens (primary N) is 1. The highest BCUT2D eigenvalue weighted by molar-refractivity contribution is 6.11. The van der Waals surface area contributed by atoms with Gasteiger partial charge in [-0.2, -0.15) is 13.2 Å². The van der Waals surface area contributed by atoms with Crippen LogP contribution in [-0.2, 0) is 27.3 Å². The highest BCUT2D eigenvalue weighted by Gasteiger charge is 2.44. The average Bonchev–Trinajstić information content (AvgIpc) is 3.27. The number of hydrogen-bond donors (Lipinski definition) is 3. The molecule has 1 aromatic heterocycles. The molecular weight excluding hydrogens is 729 g/mol. The molecule has 1 aliphatic heterocycles. The van der Waals surface area contributed by atoms with Gasteiger partial charge in [-0.1, -0.05) is 97.1 Å². The van der Waals surface area contributed by atoms with Crippen LogP contribution in [0.25, 0.3) is 0 Å². The van der Waals surface area contributed by atoms with E-state index < -0.39 is 36.1 Å². The number of anilines is 2. The minimum absolute atomic E-state index is 0.236. The third-order valence-corrected chi connectivity index (χ3v) is 8.94. The molecule has 2 heterocycles. The topological polar surface area (TPSA) is 163 Å². The van der Waals surface area contributed by atoms with Crippen LogP contribution in [0.4, 0.5) is 24.7 Å². The summed E-state index contributed by atoms with van der Waals surface area (Å²) in [6, 6.07) is 35.1. The molecule has 11 nitrogen and oxygen atoms in total. The summed E-state index contributed by atoms with van der Waals surface area (Å²) >= 11 is 0. The summed E-state index contributed by atoms with van der Waals surface area (Å²) in [7, 11) is 0. The zero-order valence-electron chi connectivity index (χ0n) is 30.0. The van der Waals surface area contributed by atoms with Crippen LogP contribution in [0.5, 0.6) is 5.75 Å².